The molecule has 0 N–H and O–H groups in total. The van der Waals surface area contributed by atoms with Crippen LogP contribution in [0.25, 0.3) is 0 Å². The molecule has 2 amide bonds. The topological polar surface area (TPSA) is 32.8 Å². The van der Waals surface area contributed by atoms with Crippen LogP contribution in [0.5, 0.6) is 5.75 Å². The highest BCUT2D eigenvalue weighted by Gasteiger charge is 2.26. The first-order valence-electron chi connectivity index (χ1n) is 10.8. The second-order valence-corrected chi connectivity index (χ2v) is 8.12. The average molecular weight is 395 g/mol. The maximum absolute atomic E-state index is 13.2. The largest absolute Gasteiger partial charge is 0.497 e. The Kier molecular flexibility index (Phi) is 7.56. The van der Waals surface area contributed by atoms with Crippen molar-refractivity contribution in [2.75, 3.05) is 26.7 Å². The van der Waals surface area contributed by atoms with Crippen LogP contribution in [0, 0.1) is 12.8 Å². The summed E-state index contributed by atoms with van der Waals surface area (Å²) in [6.07, 6.45) is 4.24. The van der Waals surface area contributed by atoms with Crippen molar-refractivity contribution in [3.63, 3.8) is 0 Å². The highest BCUT2D eigenvalue weighted by molar-refractivity contribution is 5.74. The number of urea groups is 1. The maximum Gasteiger partial charge on any atom is 0.320 e. The Bertz CT molecular complexity index is 783. The molecule has 2 aromatic rings. The maximum atomic E-state index is 13.2. The third-order valence-electron chi connectivity index (χ3n) is 5.93. The lowest BCUT2D eigenvalue weighted by Crippen LogP contribution is -2.47. The number of hydrogen-bond acceptors (Lipinski definition) is 2. The molecule has 4 nitrogen and oxygen atoms in total. The zero-order chi connectivity index (χ0) is 20.6. The van der Waals surface area contributed by atoms with E-state index >= 15 is 0 Å². The third kappa shape index (κ3) is 5.75. The SMILES string of the molecule is CCCN(Cc1cc(OC)ccc1C)C(=O)N1CCC(Cc2ccccc2)CC1. The molecule has 1 heterocycles. The molecular weight excluding hydrogens is 360 g/mol. The van der Waals surface area contributed by atoms with Crippen molar-refractivity contribution in [2.45, 2.75) is 46.1 Å². The zero-order valence-corrected chi connectivity index (χ0v) is 18.1. The molecule has 1 fully saturated rings. The van der Waals surface area contributed by atoms with Crippen LogP contribution in [0.15, 0.2) is 48.5 Å². The number of carbonyl (C=O) groups excluding carboxylic acids is 1. The highest BCUT2D eigenvalue weighted by atomic mass is 16.5. The standard InChI is InChI=1S/C25H34N2O2/c1-4-14-27(19-23-18-24(29-3)11-10-20(23)2)25(28)26-15-12-22(13-16-26)17-21-8-6-5-7-9-21/h5-11,18,22H,4,12-17,19H2,1-3H3. The Morgan fingerprint density at radius 2 is 1.86 bits per heavy atom. The Balaban J connectivity index is 1.60. The van der Waals surface area contributed by atoms with Gasteiger partial charge in [0.15, 0.2) is 0 Å². The van der Waals surface area contributed by atoms with Gasteiger partial charge in [0, 0.05) is 26.2 Å². The number of nitrogens with zero attached hydrogens (tertiary/aromatic N) is 2. The summed E-state index contributed by atoms with van der Waals surface area (Å²) in [5, 5.41) is 0. The van der Waals surface area contributed by atoms with Crippen LogP contribution in [0.4, 0.5) is 4.79 Å². The van der Waals surface area contributed by atoms with E-state index in [1.54, 1.807) is 7.11 Å². The van der Waals surface area contributed by atoms with Gasteiger partial charge in [0.1, 0.15) is 5.75 Å². The summed E-state index contributed by atoms with van der Waals surface area (Å²) in [7, 11) is 1.68. The normalized spacial score (nSPS) is 14.7. The minimum Gasteiger partial charge on any atom is -0.497 e. The van der Waals surface area contributed by atoms with Crippen LogP contribution < -0.4 is 4.74 Å². The van der Waals surface area contributed by atoms with Gasteiger partial charge in [-0.25, -0.2) is 4.79 Å². The molecule has 2 aromatic carbocycles. The monoisotopic (exact) mass is 394 g/mol. The summed E-state index contributed by atoms with van der Waals surface area (Å²) in [6.45, 7) is 7.35. The average Bonchev–Trinajstić information content (AvgIpc) is 2.75. The van der Waals surface area contributed by atoms with Crippen molar-refractivity contribution in [1.29, 1.82) is 0 Å². The van der Waals surface area contributed by atoms with Crippen LogP contribution in [0.2, 0.25) is 0 Å². The summed E-state index contributed by atoms with van der Waals surface area (Å²) in [4.78, 5) is 17.3. The van der Waals surface area contributed by atoms with Crippen molar-refractivity contribution in [2.24, 2.45) is 5.92 Å². The fraction of sp³-hybridized carbons (Fsp3) is 0.480. The van der Waals surface area contributed by atoms with Gasteiger partial charge >= 0.3 is 6.03 Å². The molecule has 3 rings (SSSR count). The number of piperidine rings is 1. The van der Waals surface area contributed by atoms with Crippen LogP contribution in [-0.4, -0.2) is 42.6 Å². The van der Waals surface area contributed by atoms with E-state index < -0.39 is 0 Å². The molecular formula is C25H34N2O2. The van der Waals surface area contributed by atoms with E-state index in [-0.39, 0.29) is 6.03 Å². The summed E-state index contributed by atoms with van der Waals surface area (Å²) in [5.74, 6) is 1.51. The van der Waals surface area contributed by atoms with E-state index in [2.05, 4.69) is 56.3 Å². The van der Waals surface area contributed by atoms with Gasteiger partial charge in [0.2, 0.25) is 0 Å². The summed E-state index contributed by atoms with van der Waals surface area (Å²) < 4.78 is 5.37. The second-order valence-electron chi connectivity index (χ2n) is 8.12. The number of carbonyl (C=O) groups is 1. The number of hydrogen-bond donors (Lipinski definition) is 0. The Morgan fingerprint density at radius 3 is 2.52 bits per heavy atom. The van der Waals surface area contributed by atoms with E-state index in [0.29, 0.717) is 12.5 Å². The lowest BCUT2D eigenvalue weighted by atomic mass is 9.90. The molecule has 1 saturated heterocycles. The Labute approximate surface area is 175 Å². The molecule has 0 atom stereocenters. The summed E-state index contributed by atoms with van der Waals surface area (Å²) >= 11 is 0. The lowest BCUT2D eigenvalue weighted by molar-refractivity contribution is 0.130. The van der Waals surface area contributed by atoms with Gasteiger partial charge in [0.25, 0.3) is 0 Å². The van der Waals surface area contributed by atoms with E-state index in [0.717, 1.165) is 56.6 Å². The van der Waals surface area contributed by atoms with Crippen LogP contribution in [0.3, 0.4) is 0 Å². The van der Waals surface area contributed by atoms with Crippen molar-refractivity contribution in [1.82, 2.24) is 9.80 Å². The first-order chi connectivity index (χ1) is 14.1. The molecule has 1 aliphatic rings. The number of ether oxygens (including phenoxy) is 1. The molecule has 0 spiro atoms. The first-order valence-corrected chi connectivity index (χ1v) is 10.8. The Hall–Kier alpha value is -2.49. The van der Waals surface area contributed by atoms with Gasteiger partial charge < -0.3 is 14.5 Å². The fourth-order valence-corrected chi connectivity index (χ4v) is 4.14. The predicted octanol–water partition coefficient (Wildman–Crippen LogP) is 5.29. The number of rotatable bonds is 7. The van der Waals surface area contributed by atoms with E-state index in [4.69, 9.17) is 4.74 Å². The number of benzene rings is 2. The second kappa shape index (κ2) is 10.3. The number of methoxy groups -OCH3 is 1. The minimum absolute atomic E-state index is 0.173. The molecule has 0 aromatic heterocycles. The number of aryl methyl sites for hydroxylation is 1. The quantitative estimate of drug-likeness (QED) is 0.639. The zero-order valence-electron chi connectivity index (χ0n) is 18.1. The van der Waals surface area contributed by atoms with E-state index in [1.165, 1.54) is 11.1 Å². The number of likely N-dealkylation sites (tertiary alicyclic amines) is 1. The molecule has 0 bridgehead atoms. The van der Waals surface area contributed by atoms with Crippen molar-refractivity contribution in [3.05, 3.63) is 65.2 Å². The molecule has 156 valence electrons. The van der Waals surface area contributed by atoms with E-state index in [1.807, 2.05) is 15.9 Å². The van der Waals surface area contributed by atoms with Crippen LogP contribution in [0.1, 0.15) is 42.9 Å². The van der Waals surface area contributed by atoms with Gasteiger partial charge in [-0.2, -0.15) is 0 Å². The van der Waals surface area contributed by atoms with Gasteiger partial charge in [-0.15, -0.1) is 0 Å². The van der Waals surface area contributed by atoms with E-state index in [9.17, 15) is 4.79 Å². The molecule has 1 aliphatic heterocycles. The van der Waals surface area contributed by atoms with Crippen LogP contribution in [-0.2, 0) is 13.0 Å². The van der Waals surface area contributed by atoms with Gasteiger partial charge in [0.05, 0.1) is 7.11 Å². The predicted molar refractivity (Wildman–Crippen MR) is 118 cm³/mol. The third-order valence-corrected chi connectivity index (χ3v) is 5.93. The number of amides is 2. The van der Waals surface area contributed by atoms with Gasteiger partial charge in [-0.05, 0) is 67.3 Å². The molecule has 0 radical (unpaired) electrons. The minimum atomic E-state index is 0.173. The van der Waals surface area contributed by atoms with Crippen molar-refractivity contribution in [3.8, 4) is 5.75 Å². The van der Waals surface area contributed by atoms with Crippen molar-refractivity contribution >= 4 is 6.03 Å². The Morgan fingerprint density at radius 1 is 1.14 bits per heavy atom. The van der Waals surface area contributed by atoms with Gasteiger partial charge in [-0.3, -0.25) is 0 Å². The lowest BCUT2D eigenvalue weighted by Gasteiger charge is -2.36. The summed E-state index contributed by atoms with van der Waals surface area (Å²) in [5.41, 5.74) is 3.75. The molecule has 0 unspecified atom stereocenters. The van der Waals surface area contributed by atoms with Gasteiger partial charge in [-0.1, -0.05) is 43.3 Å². The highest BCUT2D eigenvalue weighted by Crippen LogP contribution is 2.24. The molecule has 0 saturated carbocycles. The first kappa shape index (κ1) is 21.2. The molecule has 29 heavy (non-hydrogen) atoms. The summed E-state index contributed by atoms with van der Waals surface area (Å²) in [6, 6.07) is 17.0. The molecule has 4 heteroatoms. The smallest absolute Gasteiger partial charge is 0.320 e. The molecule has 0 aliphatic carbocycles. The fourth-order valence-electron chi connectivity index (χ4n) is 4.14. The van der Waals surface area contributed by atoms with Crippen LogP contribution >= 0.6 is 0 Å². The van der Waals surface area contributed by atoms with Crippen molar-refractivity contribution < 1.29 is 9.53 Å².